The highest BCUT2D eigenvalue weighted by atomic mass is 19.4. The molecule has 3 nitrogen and oxygen atoms in total. The molecule has 0 unspecified atom stereocenters. The van der Waals surface area contributed by atoms with Crippen molar-refractivity contribution in [3.8, 4) is 0 Å². The van der Waals surface area contributed by atoms with E-state index in [2.05, 4.69) is 4.98 Å². The first-order chi connectivity index (χ1) is 7.37. The summed E-state index contributed by atoms with van der Waals surface area (Å²) in [6.07, 6.45) is -4.25. The van der Waals surface area contributed by atoms with Crippen molar-refractivity contribution in [2.24, 2.45) is 0 Å². The molecule has 0 saturated heterocycles. The lowest BCUT2D eigenvalue weighted by Crippen LogP contribution is -2.18. The van der Waals surface area contributed by atoms with Crippen LogP contribution < -0.4 is 5.73 Å². The van der Waals surface area contributed by atoms with Gasteiger partial charge in [0.15, 0.2) is 0 Å². The van der Waals surface area contributed by atoms with Crippen LogP contribution in [0, 0.1) is 6.92 Å². The van der Waals surface area contributed by atoms with Crippen LogP contribution >= 0.6 is 0 Å². The highest BCUT2D eigenvalue weighted by Gasteiger charge is 2.29. The van der Waals surface area contributed by atoms with E-state index in [1.165, 1.54) is 0 Å². The molecule has 0 aliphatic carbocycles. The highest BCUT2D eigenvalue weighted by molar-refractivity contribution is 5.79. The molecular weight excluding hydrogens is 219 g/mol. The van der Waals surface area contributed by atoms with Crippen LogP contribution in [0.1, 0.15) is 5.82 Å². The summed E-state index contributed by atoms with van der Waals surface area (Å²) >= 11 is 0. The van der Waals surface area contributed by atoms with E-state index in [9.17, 15) is 13.2 Å². The fourth-order valence-corrected chi connectivity index (χ4v) is 1.65. The lowest BCUT2D eigenvalue weighted by molar-refractivity contribution is -0.140. The topological polar surface area (TPSA) is 43.8 Å². The maximum Gasteiger partial charge on any atom is 0.406 e. The molecule has 0 bridgehead atoms. The number of aromatic nitrogens is 2. The summed E-state index contributed by atoms with van der Waals surface area (Å²) in [5.41, 5.74) is 6.96. The molecule has 0 radical (unpaired) electrons. The third-order valence-corrected chi connectivity index (χ3v) is 2.30. The van der Waals surface area contributed by atoms with Crippen LogP contribution in [-0.4, -0.2) is 15.7 Å². The van der Waals surface area contributed by atoms with Crippen LogP contribution in [0.25, 0.3) is 11.0 Å². The lowest BCUT2D eigenvalue weighted by atomic mass is 10.3. The first kappa shape index (κ1) is 10.8. The van der Waals surface area contributed by atoms with Crippen molar-refractivity contribution >= 4 is 16.7 Å². The number of halogens is 3. The van der Waals surface area contributed by atoms with Crippen molar-refractivity contribution in [3.63, 3.8) is 0 Å². The molecule has 86 valence electrons. The largest absolute Gasteiger partial charge is 0.406 e. The van der Waals surface area contributed by atoms with Gasteiger partial charge >= 0.3 is 6.18 Å². The van der Waals surface area contributed by atoms with Gasteiger partial charge in [-0.3, -0.25) is 0 Å². The number of anilines is 1. The summed E-state index contributed by atoms with van der Waals surface area (Å²) in [5, 5.41) is 0. The number of hydrogen-bond acceptors (Lipinski definition) is 2. The number of benzene rings is 1. The minimum Gasteiger partial charge on any atom is -0.399 e. The van der Waals surface area contributed by atoms with E-state index in [0.29, 0.717) is 22.5 Å². The van der Waals surface area contributed by atoms with Gasteiger partial charge in [-0.2, -0.15) is 13.2 Å². The van der Waals surface area contributed by atoms with Crippen molar-refractivity contribution in [1.29, 1.82) is 0 Å². The average molecular weight is 229 g/mol. The molecule has 0 amide bonds. The Hall–Kier alpha value is -1.72. The standard InChI is InChI=1S/C10H10F3N3/c1-6-15-8-4-7(14)2-3-9(8)16(6)5-10(11,12)13/h2-4H,5,14H2,1H3. The number of nitrogens with zero attached hydrogens (tertiary/aromatic N) is 2. The van der Waals surface area contributed by atoms with Gasteiger partial charge in [0.2, 0.25) is 0 Å². The van der Waals surface area contributed by atoms with Crippen LogP contribution in [-0.2, 0) is 6.54 Å². The molecule has 1 aromatic carbocycles. The summed E-state index contributed by atoms with van der Waals surface area (Å²) in [5.74, 6) is 0.331. The number of rotatable bonds is 1. The van der Waals surface area contributed by atoms with Gasteiger partial charge in [-0.05, 0) is 25.1 Å². The Morgan fingerprint density at radius 3 is 2.69 bits per heavy atom. The van der Waals surface area contributed by atoms with E-state index >= 15 is 0 Å². The van der Waals surface area contributed by atoms with Gasteiger partial charge in [0.25, 0.3) is 0 Å². The summed E-state index contributed by atoms with van der Waals surface area (Å²) in [6, 6.07) is 4.68. The van der Waals surface area contributed by atoms with Crippen LogP contribution in [0.4, 0.5) is 18.9 Å². The van der Waals surface area contributed by atoms with E-state index in [-0.39, 0.29) is 0 Å². The minimum absolute atomic E-state index is 0.331. The Bertz CT molecular complexity index is 528. The van der Waals surface area contributed by atoms with Crippen molar-refractivity contribution in [2.75, 3.05) is 5.73 Å². The van der Waals surface area contributed by atoms with Crippen molar-refractivity contribution in [3.05, 3.63) is 24.0 Å². The summed E-state index contributed by atoms with van der Waals surface area (Å²) in [6.45, 7) is 0.515. The molecule has 0 aliphatic heterocycles. The third kappa shape index (κ3) is 1.95. The lowest BCUT2D eigenvalue weighted by Gasteiger charge is -2.09. The zero-order valence-corrected chi connectivity index (χ0v) is 8.54. The fraction of sp³-hybridized carbons (Fsp3) is 0.300. The van der Waals surface area contributed by atoms with E-state index in [1.54, 1.807) is 25.1 Å². The van der Waals surface area contributed by atoms with E-state index in [1.807, 2.05) is 0 Å². The number of alkyl halides is 3. The van der Waals surface area contributed by atoms with Gasteiger partial charge in [-0.25, -0.2) is 4.98 Å². The molecule has 0 aliphatic rings. The van der Waals surface area contributed by atoms with Gasteiger partial charge in [-0.1, -0.05) is 0 Å². The predicted molar refractivity (Wildman–Crippen MR) is 54.9 cm³/mol. The Labute approximate surface area is 89.7 Å². The van der Waals surface area contributed by atoms with Crippen LogP contribution in [0.15, 0.2) is 18.2 Å². The molecule has 0 saturated carbocycles. The Kier molecular flexibility index (Phi) is 2.29. The first-order valence-corrected chi connectivity index (χ1v) is 4.66. The van der Waals surface area contributed by atoms with E-state index in [0.717, 1.165) is 4.57 Å². The van der Waals surface area contributed by atoms with Gasteiger partial charge in [0.1, 0.15) is 12.4 Å². The predicted octanol–water partition coefficient (Wildman–Crippen LogP) is 2.49. The number of aryl methyl sites for hydroxylation is 1. The first-order valence-electron chi connectivity index (χ1n) is 4.66. The Morgan fingerprint density at radius 2 is 2.06 bits per heavy atom. The molecule has 2 N–H and O–H groups in total. The quantitative estimate of drug-likeness (QED) is 0.763. The molecule has 2 aromatic rings. The number of nitrogens with two attached hydrogens (primary N) is 1. The highest BCUT2D eigenvalue weighted by Crippen LogP contribution is 2.24. The second-order valence-electron chi connectivity index (χ2n) is 3.61. The van der Waals surface area contributed by atoms with Gasteiger partial charge in [0.05, 0.1) is 11.0 Å². The average Bonchev–Trinajstić information content (AvgIpc) is 2.40. The normalized spacial score (nSPS) is 12.2. The minimum atomic E-state index is -4.25. The molecule has 0 fully saturated rings. The molecule has 0 spiro atoms. The molecule has 1 heterocycles. The summed E-state index contributed by atoms with van der Waals surface area (Å²) in [7, 11) is 0. The Morgan fingerprint density at radius 1 is 1.38 bits per heavy atom. The van der Waals surface area contributed by atoms with Crippen LogP contribution in [0.5, 0.6) is 0 Å². The van der Waals surface area contributed by atoms with Crippen molar-refractivity contribution in [2.45, 2.75) is 19.6 Å². The van der Waals surface area contributed by atoms with Crippen molar-refractivity contribution < 1.29 is 13.2 Å². The Balaban J connectivity index is 2.56. The maximum atomic E-state index is 12.3. The number of hydrogen-bond donors (Lipinski definition) is 1. The second kappa shape index (κ2) is 3.40. The third-order valence-electron chi connectivity index (χ3n) is 2.30. The summed E-state index contributed by atoms with van der Waals surface area (Å²) < 4.78 is 38.1. The summed E-state index contributed by atoms with van der Waals surface area (Å²) in [4.78, 5) is 4.04. The maximum absolute atomic E-state index is 12.3. The van der Waals surface area contributed by atoms with E-state index < -0.39 is 12.7 Å². The second-order valence-corrected chi connectivity index (χ2v) is 3.61. The van der Waals surface area contributed by atoms with Crippen molar-refractivity contribution in [1.82, 2.24) is 9.55 Å². The van der Waals surface area contributed by atoms with Gasteiger partial charge < -0.3 is 10.3 Å². The molecule has 2 rings (SSSR count). The SMILES string of the molecule is Cc1nc2cc(N)ccc2n1CC(F)(F)F. The fourth-order valence-electron chi connectivity index (χ4n) is 1.65. The zero-order chi connectivity index (χ0) is 11.9. The molecule has 1 aromatic heterocycles. The monoisotopic (exact) mass is 229 g/mol. The van der Waals surface area contributed by atoms with Gasteiger partial charge in [-0.15, -0.1) is 0 Å². The number of nitrogen functional groups attached to an aromatic ring is 1. The molecule has 0 atom stereocenters. The van der Waals surface area contributed by atoms with Gasteiger partial charge in [0, 0.05) is 5.69 Å². The van der Waals surface area contributed by atoms with E-state index in [4.69, 9.17) is 5.73 Å². The van der Waals surface area contributed by atoms with Crippen LogP contribution in [0.3, 0.4) is 0 Å². The molecule has 16 heavy (non-hydrogen) atoms. The number of imidazole rings is 1. The number of fused-ring (bicyclic) bond motifs is 1. The van der Waals surface area contributed by atoms with Crippen LogP contribution in [0.2, 0.25) is 0 Å². The molecular formula is C10H10F3N3. The zero-order valence-electron chi connectivity index (χ0n) is 8.54. The smallest absolute Gasteiger partial charge is 0.399 e. The molecule has 6 heteroatoms.